The van der Waals surface area contributed by atoms with E-state index < -0.39 is 12.5 Å². The first kappa shape index (κ1) is 26.1. The van der Waals surface area contributed by atoms with E-state index in [2.05, 4.69) is 9.97 Å². The molecule has 0 saturated heterocycles. The highest BCUT2D eigenvalue weighted by molar-refractivity contribution is 6.42. The molecule has 0 unspecified atom stereocenters. The summed E-state index contributed by atoms with van der Waals surface area (Å²) >= 11 is 12.0. The topological polar surface area (TPSA) is 115 Å². The Morgan fingerprint density at radius 3 is 2.12 bits per heavy atom. The number of hydrogen-bond donors (Lipinski definition) is 2. The molecule has 0 amide bonds. The first-order chi connectivity index (χ1) is 16.4. The molecular weight excluding hydrogens is 493 g/mol. The molecule has 0 fully saturated rings. The number of ether oxygens (including phenoxy) is 4. The maximum absolute atomic E-state index is 14.7. The van der Waals surface area contributed by atoms with Crippen molar-refractivity contribution < 1.29 is 27.7 Å². The first-order valence-electron chi connectivity index (χ1n) is 10.3. The highest BCUT2D eigenvalue weighted by atomic mass is 35.5. The zero-order valence-corrected chi connectivity index (χ0v) is 19.7. The number of alkyl halides is 1. The Kier molecular flexibility index (Phi) is 9.85. The summed E-state index contributed by atoms with van der Waals surface area (Å²) in [5.41, 5.74) is 13.4. The van der Waals surface area contributed by atoms with E-state index in [0.717, 1.165) is 6.07 Å². The third-order valence-electron chi connectivity index (χ3n) is 4.61. The molecule has 0 bridgehead atoms. The summed E-state index contributed by atoms with van der Waals surface area (Å²) in [5, 5.41) is 0.621. The Morgan fingerprint density at radius 2 is 1.44 bits per heavy atom. The average molecular weight is 517 g/mol. The molecule has 34 heavy (non-hydrogen) atoms. The van der Waals surface area contributed by atoms with Crippen LogP contribution in [0.2, 0.25) is 10.0 Å². The van der Waals surface area contributed by atoms with Gasteiger partial charge in [-0.3, -0.25) is 0 Å². The van der Waals surface area contributed by atoms with Gasteiger partial charge in [0, 0.05) is 16.8 Å². The molecule has 4 N–H and O–H groups in total. The standard InChI is InChI=1S/C22H24Cl2F2N4O4/c23-14-11-13(16(26)12-15(14)24)19-17(27)1-2-18-20(19)21(28)30-22(29-18)34-10-9-33-8-7-32-6-5-31-4-3-25/h1-2,11-12H,3-10,27H2,(H2,28,29,30). The minimum atomic E-state index is -0.609. The Balaban J connectivity index is 1.61. The lowest BCUT2D eigenvalue weighted by molar-refractivity contribution is 0.00706. The first-order valence-corrected chi connectivity index (χ1v) is 11.1. The highest BCUT2D eigenvalue weighted by Gasteiger charge is 2.19. The van der Waals surface area contributed by atoms with Crippen molar-refractivity contribution in [1.29, 1.82) is 0 Å². The third-order valence-corrected chi connectivity index (χ3v) is 5.33. The predicted molar refractivity (Wildman–Crippen MR) is 128 cm³/mol. The molecule has 1 aromatic heterocycles. The van der Waals surface area contributed by atoms with Crippen molar-refractivity contribution in [3.8, 4) is 17.1 Å². The second-order valence-corrected chi connectivity index (χ2v) is 7.75. The van der Waals surface area contributed by atoms with Crippen molar-refractivity contribution in [2.75, 3.05) is 64.4 Å². The number of hydrogen-bond acceptors (Lipinski definition) is 8. The van der Waals surface area contributed by atoms with E-state index in [4.69, 9.17) is 53.6 Å². The Morgan fingerprint density at radius 1 is 0.824 bits per heavy atom. The third kappa shape index (κ3) is 6.77. The van der Waals surface area contributed by atoms with E-state index >= 15 is 0 Å². The number of nitrogen functional groups attached to an aromatic ring is 2. The van der Waals surface area contributed by atoms with Crippen molar-refractivity contribution in [2.24, 2.45) is 0 Å². The van der Waals surface area contributed by atoms with Crippen LogP contribution < -0.4 is 16.2 Å². The summed E-state index contributed by atoms with van der Waals surface area (Å²) < 4.78 is 47.7. The summed E-state index contributed by atoms with van der Waals surface area (Å²) in [5.74, 6) is -0.543. The number of halogens is 4. The number of nitrogens with two attached hydrogens (primary N) is 2. The second-order valence-electron chi connectivity index (χ2n) is 6.94. The molecule has 0 aliphatic rings. The van der Waals surface area contributed by atoms with Gasteiger partial charge in [0.05, 0.1) is 60.6 Å². The molecule has 12 heteroatoms. The number of aromatic nitrogens is 2. The van der Waals surface area contributed by atoms with Gasteiger partial charge in [-0.25, -0.2) is 8.78 Å². The molecule has 1 heterocycles. The molecule has 184 valence electrons. The van der Waals surface area contributed by atoms with Crippen LogP contribution in [0, 0.1) is 5.82 Å². The van der Waals surface area contributed by atoms with Gasteiger partial charge < -0.3 is 30.4 Å². The average Bonchev–Trinajstić information content (AvgIpc) is 2.80. The number of fused-ring (bicyclic) bond motifs is 1. The summed E-state index contributed by atoms with van der Waals surface area (Å²) in [6, 6.07) is 5.76. The minimum absolute atomic E-state index is 0.0418. The largest absolute Gasteiger partial charge is 0.461 e. The van der Waals surface area contributed by atoms with Crippen LogP contribution in [-0.2, 0) is 14.2 Å². The van der Waals surface area contributed by atoms with Gasteiger partial charge >= 0.3 is 6.01 Å². The van der Waals surface area contributed by atoms with E-state index in [0.29, 0.717) is 42.9 Å². The molecule has 0 radical (unpaired) electrons. The van der Waals surface area contributed by atoms with Gasteiger partial charge in [-0.2, -0.15) is 9.97 Å². The quantitative estimate of drug-likeness (QED) is 0.196. The van der Waals surface area contributed by atoms with E-state index in [-0.39, 0.29) is 52.9 Å². The number of benzene rings is 2. The van der Waals surface area contributed by atoms with Crippen LogP contribution in [0.4, 0.5) is 20.3 Å². The van der Waals surface area contributed by atoms with Crippen LogP contribution in [0.3, 0.4) is 0 Å². The van der Waals surface area contributed by atoms with Gasteiger partial charge in [0.2, 0.25) is 0 Å². The Bertz CT molecular complexity index is 1120. The molecule has 3 rings (SSSR count). The van der Waals surface area contributed by atoms with Crippen molar-refractivity contribution in [2.45, 2.75) is 0 Å². The molecule has 2 aromatic carbocycles. The molecule has 0 aliphatic carbocycles. The van der Waals surface area contributed by atoms with E-state index in [1.54, 1.807) is 12.1 Å². The van der Waals surface area contributed by atoms with Crippen molar-refractivity contribution in [3.63, 3.8) is 0 Å². The van der Waals surface area contributed by atoms with E-state index in [9.17, 15) is 8.78 Å². The fraction of sp³-hybridized carbons (Fsp3) is 0.364. The molecule has 8 nitrogen and oxygen atoms in total. The van der Waals surface area contributed by atoms with Crippen LogP contribution >= 0.6 is 23.2 Å². The number of rotatable bonds is 13. The number of anilines is 2. The summed E-state index contributed by atoms with van der Waals surface area (Å²) in [7, 11) is 0. The molecule has 3 aromatic rings. The lowest BCUT2D eigenvalue weighted by atomic mass is 9.98. The van der Waals surface area contributed by atoms with Gasteiger partial charge in [-0.15, -0.1) is 0 Å². The monoisotopic (exact) mass is 516 g/mol. The van der Waals surface area contributed by atoms with Crippen molar-refractivity contribution in [1.82, 2.24) is 9.97 Å². The van der Waals surface area contributed by atoms with Crippen LogP contribution in [-0.4, -0.2) is 62.9 Å². The predicted octanol–water partition coefficient (Wildman–Crippen LogP) is 4.31. The fourth-order valence-corrected chi connectivity index (χ4v) is 3.42. The Hall–Kier alpha value is -2.50. The van der Waals surface area contributed by atoms with Gasteiger partial charge in [0.15, 0.2) is 0 Å². The molecule has 0 atom stereocenters. The van der Waals surface area contributed by atoms with Gasteiger partial charge in [0.25, 0.3) is 0 Å². The number of nitrogens with zero attached hydrogens (tertiary/aromatic N) is 2. The summed E-state index contributed by atoms with van der Waals surface area (Å²) in [6.45, 7) is 1.42. The SMILES string of the molecule is Nc1ccc2nc(OCCOCCOCCOCCF)nc(N)c2c1-c1cc(Cl)c(Cl)cc1F. The zero-order valence-electron chi connectivity index (χ0n) is 18.2. The lowest BCUT2D eigenvalue weighted by Gasteiger charge is -2.14. The van der Waals surface area contributed by atoms with Gasteiger partial charge in [-0.05, 0) is 24.3 Å². The van der Waals surface area contributed by atoms with Crippen LogP contribution in [0.25, 0.3) is 22.0 Å². The molecular formula is C22H24Cl2F2N4O4. The molecule has 0 saturated carbocycles. The lowest BCUT2D eigenvalue weighted by Crippen LogP contribution is -2.14. The summed E-state index contributed by atoms with van der Waals surface area (Å²) in [4.78, 5) is 8.51. The Labute approximate surface area is 205 Å². The normalized spacial score (nSPS) is 11.3. The highest BCUT2D eigenvalue weighted by Crippen LogP contribution is 2.40. The smallest absolute Gasteiger partial charge is 0.319 e. The minimum Gasteiger partial charge on any atom is -0.461 e. The zero-order chi connectivity index (χ0) is 24.5. The summed E-state index contributed by atoms with van der Waals surface area (Å²) in [6.07, 6.45) is 0. The van der Waals surface area contributed by atoms with Crippen LogP contribution in [0.5, 0.6) is 6.01 Å². The van der Waals surface area contributed by atoms with Crippen LogP contribution in [0.1, 0.15) is 0 Å². The maximum Gasteiger partial charge on any atom is 0.319 e. The molecule has 0 spiro atoms. The van der Waals surface area contributed by atoms with Crippen molar-refractivity contribution in [3.05, 3.63) is 40.1 Å². The van der Waals surface area contributed by atoms with E-state index in [1.165, 1.54) is 6.07 Å². The van der Waals surface area contributed by atoms with Gasteiger partial charge in [0.1, 0.15) is 24.9 Å². The maximum atomic E-state index is 14.7. The van der Waals surface area contributed by atoms with Crippen LogP contribution in [0.15, 0.2) is 24.3 Å². The molecule has 0 aliphatic heterocycles. The second kappa shape index (κ2) is 12.8. The van der Waals surface area contributed by atoms with Crippen molar-refractivity contribution >= 4 is 45.6 Å². The van der Waals surface area contributed by atoms with E-state index in [1.807, 2.05) is 0 Å². The fourth-order valence-electron chi connectivity index (χ4n) is 3.10. The van der Waals surface area contributed by atoms with Gasteiger partial charge in [-0.1, -0.05) is 23.2 Å².